The third-order valence-electron chi connectivity index (χ3n) is 6.82. The van der Waals surface area contributed by atoms with Gasteiger partial charge in [0.1, 0.15) is 5.75 Å². The van der Waals surface area contributed by atoms with Crippen molar-refractivity contribution >= 4 is 21.7 Å². The molecule has 0 saturated heterocycles. The van der Waals surface area contributed by atoms with Crippen molar-refractivity contribution in [3.05, 3.63) is 108 Å². The Morgan fingerprint density at radius 1 is 0.853 bits per heavy atom. The number of nitrogens with zero attached hydrogens (tertiary/aromatic N) is 2. The highest BCUT2D eigenvalue weighted by atomic mass is 16.5. The van der Waals surface area contributed by atoms with Gasteiger partial charge >= 0.3 is 0 Å². The summed E-state index contributed by atoms with van der Waals surface area (Å²) in [5.41, 5.74) is 7.43. The molecule has 3 nitrogen and oxygen atoms in total. The molecule has 0 fully saturated rings. The van der Waals surface area contributed by atoms with Gasteiger partial charge in [0.15, 0.2) is 0 Å². The molecule has 0 amide bonds. The van der Waals surface area contributed by atoms with Crippen LogP contribution in [0.25, 0.3) is 32.9 Å². The molecule has 0 spiro atoms. The van der Waals surface area contributed by atoms with E-state index in [-0.39, 0.29) is 0 Å². The van der Waals surface area contributed by atoms with Crippen molar-refractivity contribution in [3.8, 4) is 17.0 Å². The SMILES string of the molecule is CCOc1cccc(-c2nc3ccc4ccccc4c3c3c2CN(Cc2ccccc2)CC3)c1. The van der Waals surface area contributed by atoms with E-state index in [4.69, 9.17) is 9.72 Å². The minimum Gasteiger partial charge on any atom is -0.494 e. The molecule has 4 aromatic carbocycles. The van der Waals surface area contributed by atoms with Crippen molar-refractivity contribution in [2.75, 3.05) is 13.2 Å². The van der Waals surface area contributed by atoms with E-state index in [2.05, 4.69) is 89.8 Å². The molecule has 0 bridgehead atoms. The number of ether oxygens (including phenoxy) is 1. The zero-order valence-electron chi connectivity index (χ0n) is 19.5. The number of fused-ring (bicyclic) bond motifs is 5. The third-order valence-corrected chi connectivity index (χ3v) is 6.82. The lowest BCUT2D eigenvalue weighted by Gasteiger charge is -2.31. The Hall–Kier alpha value is -3.69. The van der Waals surface area contributed by atoms with Crippen LogP contribution in [0.4, 0.5) is 0 Å². The Morgan fingerprint density at radius 2 is 1.71 bits per heavy atom. The maximum atomic E-state index is 5.82. The average Bonchev–Trinajstić information content (AvgIpc) is 2.89. The quantitative estimate of drug-likeness (QED) is 0.273. The maximum absolute atomic E-state index is 5.82. The summed E-state index contributed by atoms with van der Waals surface area (Å²) < 4.78 is 5.82. The zero-order chi connectivity index (χ0) is 22.9. The standard InChI is InChI=1S/C31H28N2O/c1-2-34-25-13-8-12-24(19-25)31-28-21-33(20-22-9-4-3-5-10-22)18-17-27(28)30-26-14-7-6-11-23(26)15-16-29(30)32-31/h3-16,19H,2,17-18,20-21H2,1H3. The third kappa shape index (κ3) is 3.82. The summed E-state index contributed by atoms with van der Waals surface area (Å²) in [6.07, 6.45) is 1.02. The predicted octanol–water partition coefficient (Wildman–Crippen LogP) is 7.01. The fourth-order valence-electron chi connectivity index (χ4n) is 5.29. The Kier molecular flexibility index (Phi) is 5.48. The summed E-state index contributed by atoms with van der Waals surface area (Å²) in [6.45, 7) is 5.57. The summed E-state index contributed by atoms with van der Waals surface area (Å²) in [6, 6.07) is 32.2. The Morgan fingerprint density at radius 3 is 2.59 bits per heavy atom. The first-order chi connectivity index (χ1) is 16.8. The monoisotopic (exact) mass is 444 g/mol. The average molecular weight is 445 g/mol. The number of hydrogen-bond acceptors (Lipinski definition) is 3. The summed E-state index contributed by atoms with van der Waals surface area (Å²) >= 11 is 0. The van der Waals surface area contributed by atoms with Gasteiger partial charge in [0, 0.05) is 30.6 Å². The van der Waals surface area contributed by atoms with Gasteiger partial charge in [-0.05, 0) is 59.0 Å². The maximum Gasteiger partial charge on any atom is 0.119 e. The molecule has 1 aliphatic heterocycles. The molecule has 1 aliphatic rings. The molecule has 1 aromatic heterocycles. The largest absolute Gasteiger partial charge is 0.494 e. The molecule has 2 heterocycles. The fourth-order valence-corrected chi connectivity index (χ4v) is 5.29. The van der Waals surface area contributed by atoms with E-state index >= 15 is 0 Å². The van der Waals surface area contributed by atoms with Crippen LogP contribution in [0, 0.1) is 0 Å². The van der Waals surface area contributed by atoms with Crippen LogP contribution in [-0.2, 0) is 19.5 Å². The highest BCUT2D eigenvalue weighted by Crippen LogP contribution is 2.38. The second kappa shape index (κ2) is 8.92. The lowest BCUT2D eigenvalue weighted by Crippen LogP contribution is -2.31. The predicted molar refractivity (Wildman–Crippen MR) is 140 cm³/mol. The Labute approximate surface area is 200 Å². The topological polar surface area (TPSA) is 25.4 Å². The van der Waals surface area contributed by atoms with Crippen molar-refractivity contribution in [1.82, 2.24) is 9.88 Å². The molecule has 0 atom stereocenters. The van der Waals surface area contributed by atoms with Crippen LogP contribution in [0.1, 0.15) is 23.6 Å². The van der Waals surface area contributed by atoms with Crippen LogP contribution < -0.4 is 4.74 Å². The molecule has 0 saturated carbocycles. The van der Waals surface area contributed by atoms with E-state index < -0.39 is 0 Å². The lowest BCUT2D eigenvalue weighted by molar-refractivity contribution is 0.246. The van der Waals surface area contributed by atoms with Gasteiger partial charge in [-0.1, -0.05) is 72.8 Å². The van der Waals surface area contributed by atoms with Gasteiger partial charge in [-0.3, -0.25) is 4.90 Å². The lowest BCUT2D eigenvalue weighted by atomic mass is 9.89. The molecule has 0 radical (unpaired) electrons. The molecule has 34 heavy (non-hydrogen) atoms. The summed E-state index contributed by atoms with van der Waals surface area (Å²) in [5.74, 6) is 0.895. The van der Waals surface area contributed by atoms with Crippen molar-refractivity contribution in [3.63, 3.8) is 0 Å². The van der Waals surface area contributed by atoms with Crippen molar-refractivity contribution < 1.29 is 4.74 Å². The molecule has 0 aliphatic carbocycles. The summed E-state index contributed by atoms with van der Waals surface area (Å²) in [4.78, 5) is 7.82. The first kappa shape index (κ1) is 20.9. The number of rotatable bonds is 5. The summed E-state index contributed by atoms with van der Waals surface area (Å²) in [5, 5.41) is 3.89. The van der Waals surface area contributed by atoms with Crippen molar-refractivity contribution in [2.24, 2.45) is 0 Å². The second-order valence-corrected chi connectivity index (χ2v) is 9.01. The first-order valence-corrected chi connectivity index (χ1v) is 12.1. The van der Waals surface area contributed by atoms with Gasteiger partial charge < -0.3 is 4.74 Å². The minimum absolute atomic E-state index is 0.656. The first-order valence-electron chi connectivity index (χ1n) is 12.1. The van der Waals surface area contributed by atoms with Gasteiger partial charge in [0.2, 0.25) is 0 Å². The fraction of sp³-hybridized carbons (Fsp3) is 0.194. The molecule has 0 N–H and O–H groups in total. The van der Waals surface area contributed by atoms with E-state index in [9.17, 15) is 0 Å². The van der Waals surface area contributed by atoms with Gasteiger partial charge in [-0.2, -0.15) is 0 Å². The van der Waals surface area contributed by atoms with E-state index in [1.54, 1.807) is 0 Å². The molecular formula is C31H28N2O. The number of benzene rings is 4. The van der Waals surface area contributed by atoms with Crippen LogP contribution in [0.15, 0.2) is 91.0 Å². The van der Waals surface area contributed by atoms with Crippen LogP contribution >= 0.6 is 0 Å². The number of pyridine rings is 1. The Balaban J connectivity index is 1.53. The molecule has 168 valence electrons. The molecule has 5 aromatic rings. The molecular weight excluding hydrogens is 416 g/mol. The number of aromatic nitrogens is 1. The van der Waals surface area contributed by atoms with Crippen LogP contribution in [-0.4, -0.2) is 23.0 Å². The van der Waals surface area contributed by atoms with Crippen LogP contribution in [0.5, 0.6) is 5.75 Å². The minimum atomic E-state index is 0.656. The van der Waals surface area contributed by atoms with E-state index in [0.717, 1.165) is 48.6 Å². The highest BCUT2D eigenvalue weighted by Gasteiger charge is 2.24. The van der Waals surface area contributed by atoms with Crippen molar-refractivity contribution in [1.29, 1.82) is 0 Å². The van der Waals surface area contributed by atoms with Gasteiger partial charge in [-0.15, -0.1) is 0 Å². The molecule has 0 unspecified atom stereocenters. The summed E-state index contributed by atoms with van der Waals surface area (Å²) in [7, 11) is 0. The molecule has 6 rings (SSSR count). The van der Waals surface area contributed by atoms with Gasteiger partial charge in [-0.25, -0.2) is 4.98 Å². The van der Waals surface area contributed by atoms with Gasteiger partial charge in [0.05, 0.1) is 17.8 Å². The highest BCUT2D eigenvalue weighted by molar-refractivity contribution is 6.09. The van der Waals surface area contributed by atoms with Crippen LogP contribution in [0.3, 0.4) is 0 Å². The Bertz CT molecular complexity index is 1480. The zero-order valence-corrected chi connectivity index (χ0v) is 19.5. The van der Waals surface area contributed by atoms with E-state index in [0.29, 0.717) is 6.61 Å². The van der Waals surface area contributed by atoms with E-state index in [1.165, 1.54) is 32.8 Å². The number of hydrogen-bond donors (Lipinski definition) is 0. The normalized spacial score (nSPS) is 13.8. The van der Waals surface area contributed by atoms with Crippen molar-refractivity contribution in [2.45, 2.75) is 26.4 Å². The second-order valence-electron chi connectivity index (χ2n) is 9.01. The van der Waals surface area contributed by atoms with Crippen LogP contribution in [0.2, 0.25) is 0 Å². The molecule has 3 heteroatoms. The van der Waals surface area contributed by atoms with E-state index in [1.807, 2.05) is 13.0 Å². The van der Waals surface area contributed by atoms with Gasteiger partial charge in [0.25, 0.3) is 0 Å². The smallest absolute Gasteiger partial charge is 0.119 e.